The van der Waals surface area contributed by atoms with E-state index in [9.17, 15) is 4.79 Å². The maximum atomic E-state index is 11.5. The molecule has 0 aliphatic carbocycles. The molecule has 2 aromatic heterocycles. The van der Waals surface area contributed by atoms with E-state index in [0.29, 0.717) is 10.1 Å². The number of H-pyrrole nitrogens is 1. The fourth-order valence-corrected chi connectivity index (χ4v) is 3.37. The van der Waals surface area contributed by atoms with E-state index in [-0.39, 0.29) is 11.7 Å². The highest BCUT2D eigenvalue weighted by molar-refractivity contribution is 9.10. The minimum atomic E-state index is -0.559. The first-order chi connectivity index (χ1) is 9.58. The molecule has 0 spiro atoms. The van der Waals surface area contributed by atoms with Gasteiger partial charge in [0, 0.05) is 31.4 Å². The second kappa shape index (κ2) is 5.06. The highest BCUT2D eigenvalue weighted by Crippen LogP contribution is 2.36. The van der Waals surface area contributed by atoms with E-state index in [0.717, 1.165) is 37.0 Å². The van der Waals surface area contributed by atoms with E-state index in [4.69, 9.17) is 11.5 Å². The number of amides is 1. The van der Waals surface area contributed by atoms with Crippen molar-refractivity contribution in [1.29, 1.82) is 0 Å². The number of halogens is 1. The van der Waals surface area contributed by atoms with Crippen LogP contribution in [0.15, 0.2) is 10.7 Å². The Hall–Kier alpha value is -1.60. The lowest BCUT2D eigenvalue weighted by atomic mass is 10.1. The number of hydrogen-bond donors (Lipinski definition) is 3. The van der Waals surface area contributed by atoms with Crippen molar-refractivity contribution in [2.45, 2.75) is 18.9 Å². The number of fused-ring (bicyclic) bond motifs is 1. The van der Waals surface area contributed by atoms with Gasteiger partial charge in [-0.3, -0.25) is 4.79 Å². The highest BCUT2D eigenvalue weighted by Gasteiger charge is 2.25. The van der Waals surface area contributed by atoms with E-state index < -0.39 is 5.91 Å². The highest BCUT2D eigenvalue weighted by atomic mass is 79.9. The first-order valence-electron chi connectivity index (χ1n) is 6.46. The Morgan fingerprint density at radius 1 is 1.60 bits per heavy atom. The lowest BCUT2D eigenvalue weighted by molar-refractivity contribution is 0.0995. The zero-order chi connectivity index (χ0) is 14.3. The third-order valence-electron chi connectivity index (χ3n) is 3.55. The summed E-state index contributed by atoms with van der Waals surface area (Å²) < 4.78 is 0.613. The zero-order valence-corrected chi connectivity index (χ0v) is 12.4. The summed E-state index contributed by atoms with van der Waals surface area (Å²) in [7, 11) is 0. The first kappa shape index (κ1) is 13.4. The number of hydrogen-bond acceptors (Lipinski definition) is 4. The summed E-state index contributed by atoms with van der Waals surface area (Å²) in [6.07, 6.45) is 3.72. The number of anilines is 1. The van der Waals surface area contributed by atoms with Gasteiger partial charge in [-0.05, 0) is 28.8 Å². The number of nitrogens with two attached hydrogens (primary N) is 2. The normalized spacial score (nSPS) is 19.5. The summed E-state index contributed by atoms with van der Waals surface area (Å²) in [5, 5.41) is 0.843. The maximum absolute atomic E-state index is 11.5. The van der Waals surface area contributed by atoms with Gasteiger partial charge in [0.25, 0.3) is 5.91 Å². The van der Waals surface area contributed by atoms with Crippen LogP contribution in [0.2, 0.25) is 0 Å². The topological polar surface area (TPSA) is 101 Å². The average Bonchev–Trinajstić information content (AvgIpc) is 2.85. The first-order valence-corrected chi connectivity index (χ1v) is 7.26. The van der Waals surface area contributed by atoms with Gasteiger partial charge < -0.3 is 21.4 Å². The summed E-state index contributed by atoms with van der Waals surface area (Å²) in [5.74, 6) is -0.559. The Balaban J connectivity index is 2.19. The largest absolute Gasteiger partial charge is 0.368 e. The number of carbonyl (C=O) groups excluding carboxylic acids is 1. The molecule has 1 amide bonds. The lowest BCUT2D eigenvalue weighted by Gasteiger charge is -2.33. The Labute approximate surface area is 124 Å². The van der Waals surface area contributed by atoms with Gasteiger partial charge in [-0.15, -0.1) is 0 Å². The van der Waals surface area contributed by atoms with Crippen molar-refractivity contribution in [3.8, 4) is 0 Å². The summed E-state index contributed by atoms with van der Waals surface area (Å²) >= 11 is 3.46. The smallest absolute Gasteiger partial charge is 0.268 e. The van der Waals surface area contributed by atoms with Gasteiger partial charge in [0.1, 0.15) is 11.3 Å². The van der Waals surface area contributed by atoms with Crippen molar-refractivity contribution in [3.05, 3.63) is 22.4 Å². The molecule has 1 aliphatic heterocycles. The quantitative estimate of drug-likeness (QED) is 0.765. The van der Waals surface area contributed by atoms with Crippen molar-refractivity contribution in [2.75, 3.05) is 18.0 Å². The van der Waals surface area contributed by atoms with E-state index >= 15 is 0 Å². The van der Waals surface area contributed by atoms with Crippen LogP contribution in [0.4, 0.5) is 5.69 Å². The molecule has 0 unspecified atom stereocenters. The van der Waals surface area contributed by atoms with Crippen LogP contribution in [0.3, 0.4) is 0 Å². The molecule has 0 bridgehead atoms. The third-order valence-corrected chi connectivity index (χ3v) is 4.30. The van der Waals surface area contributed by atoms with Crippen molar-refractivity contribution < 1.29 is 4.79 Å². The van der Waals surface area contributed by atoms with E-state index in [1.54, 1.807) is 6.20 Å². The summed E-state index contributed by atoms with van der Waals surface area (Å²) in [4.78, 5) is 20.9. The van der Waals surface area contributed by atoms with Crippen molar-refractivity contribution in [2.24, 2.45) is 11.5 Å². The van der Waals surface area contributed by atoms with E-state index in [1.165, 1.54) is 0 Å². The van der Waals surface area contributed by atoms with Gasteiger partial charge in [-0.2, -0.15) is 0 Å². The Kier molecular flexibility index (Phi) is 3.39. The van der Waals surface area contributed by atoms with Crippen LogP contribution in [-0.2, 0) is 0 Å². The molecular formula is C13H15BrN5O. The zero-order valence-electron chi connectivity index (χ0n) is 10.8. The van der Waals surface area contributed by atoms with Crippen LogP contribution in [0.1, 0.15) is 23.3 Å². The van der Waals surface area contributed by atoms with Gasteiger partial charge in [0.15, 0.2) is 0 Å². The molecule has 1 fully saturated rings. The van der Waals surface area contributed by atoms with E-state index in [2.05, 4.69) is 36.9 Å². The second-order valence-corrected chi connectivity index (χ2v) is 5.79. The van der Waals surface area contributed by atoms with Gasteiger partial charge >= 0.3 is 0 Å². The van der Waals surface area contributed by atoms with Gasteiger partial charge in [0.2, 0.25) is 0 Å². The molecular weight excluding hydrogens is 322 g/mol. The maximum Gasteiger partial charge on any atom is 0.268 e. The van der Waals surface area contributed by atoms with Gasteiger partial charge in [-0.1, -0.05) is 0 Å². The molecule has 2 aromatic rings. The van der Waals surface area contributed by atoms with Crippen molar-refractivity contribution in [3.63, 3.8) is 0 Å². The van der Waals surface area contributed by atoms with Crippen LogP contribution in [0.25, 0.3) is 11.0 Å². The number of aromatic amines is 1. The molecule has 6 nitrogen and oxygen atoms in total. The standard InChI is InChI=1S/C13H15BrN5O/c14-9-10(12(16)20)18-13-8(3-4-17-13)11(9)19-5-1-2-7(15)6-19/h4,7H,1-2,5-6,15H2,(H2,16,20)(H,17,18)/t7-/m1/s1. The monoisotopic (exact) mass is 336 g/mol. The fraction of sp³-hybridized carbons (Fsp3) is 0.385. The molecule has 20 heavy (non-hydrogen) atoms. The number of rotatable bonds is 2. The molecule has 7 heteroatoms. The van der Waals surface area contributed by atoms with Crippen LogP contribution in [-0.4, -0.2) is 35.0 Å². The third kappa shape index (κ3) is 2.16. The van der Waals surface area contributed by atoms with Crippen LogP contribution in [0, 0.1) is 6.07 Å². The Morgan fingerprint density at radius 2 is 2.40 bits per heavy atom. The van der Waals surface area contributed by atoms with Crippen molar-refractivity contribution >= 4 is 38.6 Å². The average molecular weight is 337 g/mol. The van der Waals surface area contributed by atoms with Crippen LogP contribution < -0.4 is 16.4 Å². The molecule has 3 rings (SSSR count). The van der Waals surface area contributed by atoms with Gasteiger partial charge in [0.05, 0.1) is 15.5 Å². The number of pyridine rings is 1. The molecule has 1 aliphatic rings. The predicted octanol–water partition coefficient (Wildman–Crippen LogP) is 1.15. The molecule has 1 saturated heterocycles. The molecule has 5 N–H and O–H groups in total. The predicted molar refractivity (Wildman–Crippen MR) is 80.6 cm³/mol. The SMILES string of the molecule is NC(=O)c1nc2[nH]c[c]c2c(N2CCC[C@@H](N)C2)c1Br. The minimum absolute atomic E-state index is 0.134. The van der Waals surface area contributed by atoms with E-state index in [1.807, 2.05) is 0 Å². The number of carbonyl (C=O) groups is 1. The van der Waals surface area contributed by atoms with Crippen LogP contribution >= 0.6 is 15.9 Å². The number of piperidine rings is 1. The van der Waals surface area contributed by atoms with Crippen molar-refractivity contribution in [1.82, 2.24) is 9.97 Å². The number of nitrogens with one attached hydrogen (secondary N) is 1. The number of aromatic nitrogens is 2. The lowest BCUT2D eigenvalue weighted by Crippen LogP contribution is -2.43. The molecule has 0 aromatic carbocycles. The fourth-order valence-electron chi connectivity index (χ4n) is 2.64. The second-order valence-electron chi connectivity index (χ2n) is 4.99. The molecule has 0 saturated carbocycles. The Morgan fingerprint density at radius 3 is 3.10 bits per heavy atom. The minimum Gasteiger partial charge on any atom is -0.368 e. The summed E-state index contributed by atoms with van der Waals surface area (Å²) in [6.45, 7) is 1.64. The summed E-state index contributed by atoms with van der Waals surface area (Å²) in [5.41, 5.74) is 13.2. The molecule has 105 valence electrons. The summed E-state index contributed by atoms with van der Waals surface area (Å²) in [6, 6.07) is 3.26. The number of nitrogens with zero attached hydrogens (tertiary/aromatic N) is 2. The number of primary amides is 1. The van der Waals surface area contributed by atoms with Crippen LogP contribution in [0.5, 0.6) is 0 Å². The molecule has 3 heterocycles. The Bertz CT molecular complexity index is 668. The van der Waals surface area contributed by atoms with Gasteiger partial charge in [-0.25, -0.2) is 4.98 Å². The molecule has 1 atom stereocenters. The molecule has 1 radical (unpaired) electrons.